The minimum atomic E-state index is -3.03. The van der Waals surface area contributed by atoms with E-state index in [0.717, 1.165) is 32.5 Å². The summed E-state index contributed by atoms with van der Waals surface area (Å²) in [5.74, 6) is 0.480. The van der Waals surface area contributed by atoms with Crippen molar-refractivity contribution in [3.05, 3.63) is 21.9 Å². The van der Waals surface area contributed by atoms with Crippen molar-refractivity contribution in [1.29, 1.82) is 0 Å². The lowest BCUT2D eigenvalue weighted by Gasteiger charge is -2.34. The van der Waals surface area contributed by atoms with Crippen LogP contribution in [0.3, 0.4) is 0 Å². The molecule has 0 amide bonds. The lowest BCUT2D eigenvalue weighted by Crippen LogP contribution is -2.43. The summed E-state index contributed by atoms with van der Waals surface area (Å²) in [5, 5.41) is 2.19. The Bertz CT molecular complexity index is 582. The highest BCUT2D eigenvalue weighted by Crippen LogP contribution is 2.26. The second kappa shape index (κ2) is 6.36. The van der Waals surface area contributed by atoms with E-state index in [-0.39, 0.29) is 0 Å². The van der Waals surface area contributed by atoms with Crippen molar-refractivity contribution in [1.82, 2.24) is 9.21 Å². The number of thiophene rings is 1. The Balaban J connectivity index is 1.61. The molecule has 3 heterocycles. The molecule has 3 rings (SSSR count). The molecule has 0 N–H and O–H groups in total. The number of rotatable bonds is 3. The van der Waals surface area contributed by atoms with Crippen molar-refractivity contribution in [2.24, 2.45) is 5.92 Å². The van der Waals surface area contributed by atoms with Gasteiger partial charge in [-0.15, -0.1) is 11.3 Å². The van der Waals surface area contributed by atoms with Crippen LogP contribution in [0.2, 0.25) is 0 Å². The first kappa shape index (κ1) is 15.5. The van der Waals surface area contributed by atoms with E-state index in [9.17, 15) is 8.42 Å². The standard InChI is InChI=1S/C15H24N2O2S2/c1-21(18,19)17-8-2-4-13(11-17)10-16-7-3-5-15-14(12-16)6-9-20-15/h6,9,13H,2-5,7-8,10-12H2,1H3. The first-order valence-corrected chi connectivity index (χ1v) is 10.5. The van der Waals surface area contributed by atoms with Crippen molar-refractivity contribution in [2.75, 3.05) is 32.4 Å². The molecule has 4 nitrogen and oxygen atoms in total. The fourth-order valence-corrected chi connectivity index (χ4v) is 5.39. The Hall–Kier alpha value is -0.430. The van der Waals surface area contributed by atoms with Gasteiger partial charge in [-0.2, -0.15) is 0 Å². The molecule has 2 aliphatic heterocycles. The largest absolute Gasteiger partial charge is 0.299 e. The molecule has 0 aromatic carbocycles. The van der Waals surface area contributed by atoms with Crippen molar-refractivity contribution in [2.45, 2.75) is 32.2 Å². The van der Waals surface area contributed by atoms with E-state index in [1.165, 1.54) is 24.7 Å². The number of fused-ring (bicyclic) bond motifs is 1. The van der Waals surface area contributed by atoms with Gasteiger partial charge in [-0.05, 0) is 55.2 Å². The molecule has 0 spiro atoms. The second-order valence-electron chi connectivity index (χ2n) is 6.34. The average molecular weight is 329 g/mol. The Labute approximate surface area is 131 Å². The molecule has 118 valence electrons. The van der Waals surface area contributed by atoms with Gasteiger partial charge in [0.2, 0.25) is 10.0 Å². The number of sulfonamides is 1. The molecule has 1 unspecified atom stereocenters. The minimum Gasteiger partial charge on any atom is -0.299 e. The summed E-state index contributed by atoms with van der Waals surface area (Å²) in [4.78, 5) is 4.06. The van der Waals surface area contributed by atoms with Crippen molar-refractivity contribution >= 4 is 21.4 Å². The highest BCUT2D eigenvalue weighted by molar-refractivity contribution is 7.88. The van der Waals surface area contributed by atoms with Crippen LogP contribution >= 0.6 is 11.3 Å². The molecule has 0 saturated carbocycles. The van der Waals surface area contributed by atoms with Crippen molar-refractivity contribution < 1.29 is 8.42 Å². The zero-order valence-electron chi connectivity index (χ0n) is 12.6. The van der Waals surface area contributed by atoms with Gasteiger partial charge in [0.05, 0.1) is 6.26 Å². The summed E-state index contributed by atoms with van der Waals surface area (Å²) >= 11 is 1.88. The monoisotopic (exact) mass is 328 g/mol. The molecule has 21 heavy (non-hydrogen) atoms. The fourth-order valence-electron chi connectivity index (χ4n) is 3.51. The summed E-state index contributed by atoms with van der Waals surface area (Å²) in [6, 6.07) is 2.25. The van der Waals surface area contributed by atoms with E-state index in [2.05, 4.69) is 16.3 Å². The van der Waals surface area contributed by atoms with Crippen LogP contribution in [-0.4, -0.2) is 50.1 Å². The van der Waals surface area contributed by atoms with E-state index in [0.29, 0.717) is 19.0 Å². The zero-order valence-corrected chi connectivity index (χ0v) is 14.3. The van der Waals surface area contributed by atoms with Gasteiger partial charge in [-0.25, -0.2) is 12.7 Å². The number of hydrogen-bond acceptors (Lipinski definition) is 4. The quantitative estimate of drug-likeness (QED) is 0.854. The molecule has 1 aromatic heterocycles. The maximum atomic E-state index is 11.7. The highest BCUT2D eigenvalue weighted by atomic mass is 32.2. The van der Waals surface area contributed by atoms with Crippen LogP contribution < -0.4 is 0 Å². The van der Waals surface area contributed by atoms with Crippen LogP contribution in [0.4, 0.5) is 0 Å². The van der Waals surface area contributed by atoms with Gasteiger partial charge in [0.25, 0.3) is 0 Å². The summed E-state index contributed by atoms with van der Waals surface area (Å²) in [7, 11) is -3.03. The Morgan fingerprint density at radius 2 is 2.19 bits per heavy atom. The molecule has 1 atom stereocenters. The first-order valence-electron chi connectivity index (χ1n) is 7.75. The van der Waals surface area contributed by atoms with E-state index in [4.69, 9.17) is 0 Å². The summed E-state index contributed by atoms with van der Waals surface area (Å²) in [5.41, 5.74) is 1.48. The summed E-state index contributed by atoms with van der Waals surface area (Å²) < 4.78 is 25.1. The number of nitrogens with zero attached hydrogens (tertiary/aromatic N) is 2. The lowest BCUT2D eigenvalue weighted by molar-refractivity contribution is 0.174. The minimum absolute atomic E-state index is 0.480. The topological polar surface area (TPSA) is 40.6 Å². The second-order valence-corrected chi connectivity index (χ2v) is 9.32. The van der Waals surface area contributed by atoms with Crippen LogP contribution in [0.15, 0.2) is 11.4 Å². The van der Waals surface area contributed by atoms with Gasteiger partial charge < -0.3 is 0 Å². The molecule has 0 bridgehead atoms. The van der Waals surface area contributed by atoms with Gasteiger partial charge in [0, 0.05) is 31.1 Å². The average Bonchev–Trinajstić information content (AvgIpc) is 2.77. The van der Waals surface area contributed by atoms with E-state index in [1.807, 2.05) is 11.3 Å². The van der Waals surface area contributed by atoms with Crippen molar-refractivity contribution in [3.8, 4) is 0 Å². The van der Waals surface area contributed by atoms with Gasteiger partial charge in [-0.3, -0.25) is 4.90 Å². The molecular weight excluding hydrogens is 304 g/mol. The van der Waals surface area contributed by atoms with Gasteiger partial charge >= 0.3 is 0 Å². The van der Waals surface area contributed by atoms with Gasteiger partial charge in [0.15, 0.2) is 0 Å². The summed E-state index contributed by atoms with van der Waals surface area (Å²) in [6.45, 7) is 4.60. The predicted octanol–water partition coefficient (Wildman–Crippen LogP) is 2.17. The Morgan fingerprint density at radius 1 is 1.33 bits per heavy atom. The van der Waals surface area contributed by atoms with Crippen LogP contribution in [-0.2, 0) is 23.0 Å². The number of aryl methyl sites for hydroxylation is 1. The third kappa shape index (κ3) is 3.86. The van der Waals surface area contributed by atoms with Gasteiger partial charge in [-0.1, -0.05) is 0 Å². The molecule has 1 fully saturated rings. The van der Waals surface area contributed by atoms with Crippen molar-refractivity contribution in [3.63, 3.8) is 0 Å². The Kier molecular flexibility index (Phi) is 4.69. The highest BCUT2D eigenvalue weighted by Gasteiger charge is 2.27. The molecule has 2 aliphatic rings. The molecular formula is C15H24N2O2S2. The van der Waals surface area contributed by atoms with E-state index in [1.54, 1.807) is 9.18 Å². The summed E-state index contributed by atoms with van der Waals surface area (Å²) in [6.07, 6.45) is 5.90. The molecule has 0 aliphatic carbocycles. The maximum Gasteiger partial charge on any atom is 0.211 e. The van der Waals surface area contributed by atoms with E-state index < -0.39 is 10.0 Å². The fraction of sp³-hybridized carbons (Fsp3) is 0.733. The first-order chi connectivity index (χ1) is 10.0. The molecule has 1 aromatic rings. The zero-order chi connectivity index (χ0) is 14.9. The third-order valence-electron chi connectivity index (χ3n) is 4.58. The lowest BCUT2D eigenvalue weighted by atomic mass is 9.99. The van der Waals surface area contributed by atoms with Crippen LogP contribution in [0, 0.1) is 5.92 Å². The SMILES string of the molecule is CS(=O)(=O)N1CCCC(CN2CCCc3sccc3C2)C1. The molecule has 0 radical (unpaired) electrons. The smallest absolute Gasteiger partial charge is 0.211 e. The maximum absolute atomic E-state index is 11.7. The predicted molar refractivity (Wildman–Crippen MR) is 87.1 cm³/mol. The number of piperidine rings is 1. The molecule has 1 saturated heterocycles. The van der Waals surface area contributed by atoms with Crippen LogP contribution in [0.5, 0.6) is 0 Å². The third-order valence-corrected chi connectivity index (χ3v) is 6.87. The Morgan fingerprint density at radius 3 is 3.00 bits per heavy atom. The van der Waals surface area contributed by atoms with Gasteiger partial charge in [0.1, 0.15) is 0 Å². The molecule has 6 heteroatoms. The number of hydrogen-bond donors (Lipinski definition) is 0. The van der Waals surface area contributed by atoms with Crippen LogP contribution in [0.25, 0.3) is 0 Å². The van der Waals surface area contributed by atoms with E-state index >= 15 is 0 Å². The van der Waals surface area contributed by atoms with Crippen LogP contribution in [0.1, 0.15) is 29.7 Å². The normalized spacial score (nSPS) is 25.5.